The molecule has 1 atom stereocenters. The van der Waals surface area contributed by atoms with Gasteiger partial charge < -0.3 is 25.7 Å². The summed E-state index contributed by atoms with van der Waals surface area (Å²) in [4.78, 5) is 24.1. The van der Waals surface area contributed by atoms with Gasteiger partial charge in [0.25, 0.3) is 0 Å². The molecule has 0 bridgehead atoms. The summed E-state index contributed by atoms with van der Waals surface area (Å²) in [5, 5.41) is 14.8. The molecule has 11 heteroatoms. The number of unbranched alkanes of at least 4 members (excludes halogenated alkanes) is 1. The Balaban J connectivity index is 0.00000684. The van der Waals surface area contributed by atoms with Gasteiger partial charge in [-0.2, -0.15) is 4.31 Å². The van der Waals surface area contributed by atoms with Gasteiger partial charge in [-0.1, -0.05) is 26.0 Å². The fraction of sp³-hybridized carbons (Fsp3) is 0.462. The van der Waals surface area contributed by atoms with Crippen molar-refractivity contribution in [2.45, 2.75) is 56.9 Å². The van der Waals surface area contributed by atoms with Crippen LogP contribution in [0.4, 0.5) is 5.69 Å². The minimum atomic E-state index is -4.07. The molecule has 0 unspecified atom stereocenters. The van der Waals surface area contributed by atoms with E-state index in [1.54, 1.807) is 7.11 Å². The number of carboxylic acid groups (broad SMARTS) is 1. The first-order chi connectivity index (χ1) is 17.0. The summed E-state index contributed by atoms with van der Waals surface area (Å²) in [6.07, 6.45) is 1.87. The van der Waals surface area contributed by atoms with Crippen molar-refractivity contribution in [2.75, 3.05) is 25.9 Å². The molecule has 0 aliphatic carbocycles. The molecule has 0 spiro atoms. The summed E-state index contributed by atoms with van der Waals surface area (Å²) in [7, 11) is -2.48. The summed E-state index contributed by atoms with van der Waals surface area (Å²) in [6, 6.07) is 11.9. The Morgan fingerprint density at radius 2 is 1.78 bits per heavy atom. The largest absolute Gasteiger partial charge is 1.00 e. The van der Waals surface area contributed by atoms with E-state index in [2.05, 4.69) is 5.32 Å². The predicted octanol–water partition coefficient (Wildman–Crippen LogP) is -1.03. The number of sulfonamides is 1. The Morgan fingerprint density at radius 1 is 1.11 bits per heavy atom. The Kier molecular flexibility index (Phi) is 14.9. The number of carbonyl (C=O) groups excluding carboxylic acids is 2. The first-order valence-corrected chi connectivity index (χ1v) is 13.5. The molecule has 0 heterocycles. The zero-order valence-corrected chi connectivity index (χ0v) is 26.0. The maximum Gasteiger partial charge on any atom is 1.00 e. The van der Waals surface area contributed by atoms with Gasteiger partial charge in [0.05, 0.1) is 24.0 Å². The average Bonchev–Trinajstić information content (AvgIpc) is 2.83. The maximum atomic E-state index is 13.3. The Bertz CT molecular complexity index is 1110. The number of nitrogens with zero attached hydrogens (tertiary/aromatic N) is 1. The Morgan fingerprint density at radius 3 is 2.38 bits per heavy atom. The molecule has 9 nitrogen and oxygen atoms in total. The molecule has 2 aromatic carbocycles. The van der Waals surface area contributed by atoms with E-state index in [-0.39, 0.29) is 81.1 Å². The second-order valence-corrected chi connectivity index (χ2v) is 11.0. The van der Waals surface area contributed by atoms with Crippen molar-refractivity contribution < 1.29 is 79.2 Å². The number of aliphatic carboxylic acids is 1. The van der Waals surface area contributed by atoms with Gasteiger partial charge in [0, 0.05) is 25.2 Å². The third-order valence-corrected chi connectivity index (χ3v) is 7.54. The number of carboxylic acids is 1. The molecular weight excluding hydrogens is 521 g/mol. The number of aryl methyl sites for hydroxylation is 1. The first-order valence-electron chi connectivity index (χ1n) is 12.0. The molecule has 198 valence electrons. The normalized spacial score (nSPS) is 12.1. The molecule has 0 fully saturated rings. The molecular formula is C26H36KN3O6S. The van der Waals surface area contributed by atoms with Gasteiger partial charge in [-0.25, -0.2) is 8.42 Å². The van der Waals surface area contributed by atoms with E-state index in [0.29, 0.717) is 37.9 Å². The third-order valence-electron chi connectivity index (χ3n) is 5.65. The number of nitrogens with one attached hydrogen (secondary N) is 1. The molecule has 3 N–H and O–H groups in total. The summed E-state index contributed by atoms with van der Waals surface area (Å²) >= 11 is 0. The van der Waals surface area contributed by atoms with Gasteiger partial charge >= 0.3 is 51.4 Å². The number of hydrogen-bond acceptors (Lipinski definition) is 7. The van der Waals surface area contributed by atoms with Gasteiger partial charge in [0.2, 0.25) is 15.9 Å². The molecule has 1 amide bonds. The second-order valence-electron chi connectivity index (χ2n) is 9.07. The van der Waals surface area contributed by atoms with Crippen LogP contribution in [0.2, 0.25) is 0 Å². The molecule has 0 aliphatic rings. The van der Waals surface area contributed by atoms with Crippen LogP contribution >= 0.6 is 0 Å². The first kappa shape index (κ1) is 33.6. The number of nitrogen functional groups attached to an aromatic ring is 1. The van der Waals surface area contributed by atoms with E-state index < -0.39 is 22.0 Å². The van der Waals surface area contributed by atoms with Crippen molar-refractivity contribution in [2.24, 2.45) is 5.92 Å². The average molecular weight is 558 g/mol. The SMILES string of the molecule is COc1cccc(CCC(=O)NCCCC[C@@H](C(=O)[O-])N(CC(C)C)S(=O)(=O)c2ccc(N)cc2)c1.[K+]. The summed E-state index contributed by atoms with van der Waals surface area (Å²) in [5.74, 6) is -0.918. The van der Waals surface area contributed by atoms with Crippen LogP contribution in [-0.4, -0.2) is 50.8 Å². The second kappa shape index (κ2) is 16.5. The van der Waals surface area contributed by atoms with Crippen LogP contribution in [0.5, 0.6) is 5.75 Å². The minimum Gasteiger partial charge on any atom is -0.548 e. The molecule has 0 radical (unpaired) electrons. The summed E-state index contributed by atoms with van der Waals surface area (Å²) in [6.45, 7) is 4.04. The topological polar surface area (TPSA) is 142 Å². The van der Waals surface area contributed by atoms with Crippen molar-refractivity contribution in [3.05, 3.63) is 54.1 Å². The van der Waals surface area contributed by atoms with Gasteiger partial charge in [0.1, 0.15) is 5.75 Å². The van der Waals surface area contributed by atoms with Crippen LogP contribution in [0.3, 0.4) is 0 Å². The van der Waals surface area contributed by atoms with Crippen LogP contribution < -0.4 is 72.3 Å². The minimum absolute atomic E-state index is 0. The summed E-state index contributed by atoms with van der Waals surface area (Å²) in [5.41, 5.74) is 7.07. The van der Waals surface area contributed by atoms with Crippen LogP contribution in [0.15, 0.2) is 53.4 Å². The zero-order chi connectivity index (χ0) is 26.7. The van der Waals surface area contributed by atoms with E-state index in [1.165, 1.54) is 24.3 Å². The number of rotatable bonds is 15. The molecule has 37 heavy (non-hydrogen) atoms. The number of anilines is 1. The van der Waals surface area contributed by atoms with Gasteiger partial charge in [0.15, 0.2) is 0 Å². The number of benzene rings is 2. The van der Waals surface area contributed by atoms with Crippen LogP contribution in [-0.2, 0) is 26.0 Å². The number of methoxy groups -OCH3 is 1. The van der Waals surface area contributed by atoms with Crippen LogP contribution in [0.25, 0.3) is 0 Å². The molecule has 2 rings (SSSR count). The van der Waals surface area contributed by atoms with Crippen molar-refractivity contribution in [3.63, 3.8) is 0 Å². The van der Waals surface area contributed by atoms with E-state index in [9.17, 15) is 23.1 Å². The number of nitrogens with two attached hydrogens (primary N) is 1. The van der Waals surface area contributed by atoms with Crippen molar-refractivity contribution >= 4 is 27.6 Å². The predicted molar refractivity (Wildman–Crippen MR) is 137 cm³/mol. The van der Waals surface area contributed by atoms with Crippen LogP contribution in [0.1, 0.15) is 45.1 Å². The van der Waals surface area contributed by atoms with Crippen molar-refractivity contribution in [3.8, 4) is 5.75 Å². The Hall–Kier alpha value is -1.47. The van der Waals surface area contributed by atoms with Crippen molar-refractivity contribution in [1.82, 2.24) is 9.62 Å². The molecule has 0 saturated carbocycles. The van der Waals surface area contributed by atoms with Gasteiger partial charge in [-0.3, -0.25) is 4.79 Å². The number of hydrogen-bond donors (Lipinski definition) is 2. The molecule has 0 aromatic heterocycles. The van der Waals surface area contributed by atoms with E-state index in [0.717, 1.165) is 15.6 Å². The summed E-state index contributed by atoms with van der Waals surface area (Å²) < 4.78 is 32.7. The van der Waals surface area contributed by atoms with Crippen molar-refractivity contribution in [1.29, 1.82) is 0 Å². The van der Waals surface area contributed by atoms with Gasteiger partial charge in [-0.15, -0.1) is 0 Å². The number of amides is 1. The standard InChI is InChI=1S/C26H37N3O6S.K/c1-19(2)18-29(36(33,34)23-13-11-21(27)12-14-23)24(26(31)32)9-4-5-16-28-25(30)15-10-20-7-6-8-22(17-20)35-3;/h6-8,11-14,17,19,24H,4-5,9-10,15-16,18,27H2,1-3H3,(H,28,30)(H,31,32);/q;+1/p-1/t24-;/m0./s1. The molecule has 2 aromatic rings. The monoisotopic (exact) mass is 557 g/mol. The molecule has 0 saturated heterocycles. The molecule has 0 aliphatic heterocycles. The fourth-order valence-electron chi connectivity index (χ4n) is 3.77. The quantitative estimate of drug-likeness (QED) is 0.162. The smallest absolute Gasteiger partial charge is 0.548 e. The van der Waals surface area contributed by atoms with E-state index in [1.807, 2.05) is 38.1 Å². The maximum absolute atomic E-state index is 13.3. The third kappa shape index (κ3) is 11.0. The van der Waals surface area contributed by atoms with E-state index in [4.69, 9.17) is 10.5 Å². The Labute approximate surface area is 262 Å². The van der Waals surface area contributed by atoms with Crippen LogP contribution in [0, 0.1) is 5.92 Å². The fourth-order valence-corrected chi connectivity index (χ4v) is 5.54. The van der Waals surface area contributed by atoms with Gasteiger partial charge in [-0.05, 0) is 73.6 Å². The van der Waals surface area contributed by atoms with E-state index >= 15 is 0 Å². The number of ether oxygens (including phenoxy) is 1. The zero-order valence-electron chi connectivity index (χ0n) is 22.1. The number of carbonyl (C=O) groups is 2.